The van der Waals surface area contributed by atoms with E-state index in [9.17, 15) is 4.79 Å². The second kappa shape index (κ2) is 5.74. The van der Waals surface area contributed by atoms with Gasteiger partial charge < -0.3 is 4.74 Å². The van der Waals surface area contributed by atoms with Gasteiger partial charge in [0.15, 0.2) is 0 Å². The Bertz CT molecular complexity index is 199. The van der Waals surface area contributed by atoms with E-state index >= 15 is 0 Å². The molecule has 0 aliphatic heterocycles. The van der Waals surface area contributed by atoms with Crippen LogP contribution in [-0.2, 0) is 16.1 Å². The molecule has 0 aromatic heterocycles. The van der Waals surface area contributed by atoms with Gasteiger partial charge in [-0.05, 0) is 5.56 Å². The van der Waals surface area contributed by atoms with E-state index in [1.54, 1.807) is 0 Å². The first-order chi connectivity index (χ1) is 4.93. The molecular formula is C8H9ClO2. The molecule has 2 nitrogen and oxygen atoms in total. The molecule has 0 aliphatic rings. The van der Waals surface area contributed by atoms with E-state index < -0.39 is 0 Å². The molecule has 0 atom stereocenters. The second-order valence-corrected chi connectivity index (χ2v) is 1.89. The van der Waals surface area contributed by atoms with Crippen molar-refractivity contribution in [2.75, 3.05) is 0 Å². The average molecular weight is 173 g/mol. The minimum atomic E-state index is 0. The van der Waals surface area contributed by atoms with Gasteiger partial charge in [-0.2, -0.15) is 0 Å². The van der Waals surface area contributed by atoms with Crippen molar-refractivity contribution in [3.05, 3.63) is 35.9 Å². The Morgan fingerprint density at radius 2 is 1.91 bits per heavy atom. The minimum Gasteiger partial charge on any atom is -0.463 e. The molecule has 0 bridgehead atoms. The molecule has 0 aliphatic carbocycles. The van der Waals surface area contributed by atoms with Crippen LogP contribution in [0.4, 0.5) is 0 Å². The summed E-state index contributed by atoms with van der Waals surface area (Å²) in [4.78, 5) is 9.76. The molecule has 0 unspecified atom stereocenters. The van der Waals surface area contributed by atoms with Gasteiger partial charge in [-0.15, -0.1) is 12.4 Å². The van der Waals surface area contributed by atoms with Crippen LogP contribution in [0.2, 0.25) is 0 Å². The first-order valence-corrected chi connectivity index (χ1v) is 3.02. The van der Waals surface area contributed by atoms with Gasteiger partial charge in [0.1, 0.15) is 6.61 Å². The maximum atomic E-state index is 9.76. The number of hydrogen-bond acceptors (Lipinski definition) is 2. The first kappa shape index (κ1) is 9.98. The first-order valence-electron chi connectivity index (χ1n) is 3.02. The van der Waals surface area contributed by atoms with Gasteiger partial charge in [-0.25, -0.2) is 0 Å². The molecule has 0 saturated carbocycles. The van der Waals surface area contributed by atoms with Crippen LogP contribution in [0.3, 0.4) is 0 Å². The topological polar surface area (TPSA) is 26.3 Å². The van der Waals surface area contributed by atoms with Crippen LogP contribution >= 0.6 is 12.4 Å². The van der Waals surface area contributed by atoms with Crippen LogP contribution in [0.15, 0.2) is 30.3 Å². The van der Waals surface area contributed by atoms with E-state index in [-0.39, 0.29) is 12.4 Å². The van der Waals surface area contributed by atoms with Crippen molar-refractivity contribution in [2.24, 2.45) is 0 Å². The van der Waals surface area contributed by atoms with E-state index in [4.69, 9.17) is 0 Å². The fraction of sp³-hybridized carbons (Fsp3) is 0.125. The fourth-order valence-electron chi connectivity index (χ4n) is 0.704. The molecule has 0 N–H and O–H groups in total. The van der Waals surface area contributed by atoms with E-state index in [1.807, 2.05) is 30.3 Å². The molecule has 0 fully saturated rings. The van der Waals surface area contributed by atoms with E-state index in [0.717, 1.165) is 5.56 Å². The van der Waals surface area contributed by atoms with Crippen LogP contribution < -0.4 is 0 Å². The van der Waals surface area contributed by atoms with Crippen LogP contribution in [0.25, 0.3) is 0 Å². The van der Waals surface area contributed by atoms with Crippen LogP contribution in [0.5, 0.6) is 0 Å². The fourth-order valence-corrected chi connectivity index (χ4v) is 0.704. The second-order valence-electron chi connectivity index (χ2n) is 1.89. The number of ether oxygens (including phenoxy) is 1. The molecule has 1 aromatic carbocycles. The Labute approximate surface area is 71.6 Å². The Kier molecular flexibility index (Phi) is 5.21. The standard InChI is InChI=1S/C8H8O2.ClH/c9-7-10-6-8-4-2-1-3-5-8;/h1-5,7H,6H2;1H. The third kappa shape index (κ3) is 3.63. The zero-order valence-electron chi connectivity index (χ0n) is 5.90. The lowest BCUT2D eigenvalue weighted by Crippen LogP contribution is -1.88. The lowest BCUT2D eigenvalue weighted by molar-refractivity contribution is -0.129. The average Bonchev–Trinajstić information content (AvgIpc) is 2.03. The van der Waals surface area contributed by atoms with Gasteiger partial charge in [0.2, 0.25) is 0 Å². The number of carbonyl (C=O) groups is 1. The van der Waals surface area contributed by atoms with E-state index in [2.05, 4.69) is 4.74 Å². The molecule has 0 saturated heterocycles. The van der Waals surface area contributed by atoms with Gasteiger partial charge in [0, 0.05) is 0 Å². The van der Waals surface area contributed by atoms with Crippen molar-refractivity contribution >= 4 is 18.9 Å². The predicted octanol–water partition coefficient (Wildman–Crippen LogP) is 1.78. The molecule has 0 amide bonds. The van der Waals surface area contributed by atoms with E-state index in [0.29, 0.717) is 13.1 Å². The Balaban J connectivity index is 0.000001000. The van der Waals surface area contributed by atoms with Crippen molar-refractivity contribution in [3.8, 4) is 0 Å². The van der Waals surface area contributed by atoms with Crippen molar-refractivity contribution in [1.82, 2.24) is 0 Å². The molecule has 11 heavy (non-hydrogen) atoms. The molecule has 1 rings (SSSR count). The third-order valence-electron chi connectivity index (χ3n) is 1.16. The molecular weight excluding hydrogens is 164 g/mol. The predicted molar refractivity (Wildman–Crippen MR) is 44.5 cm³/mol. The summed E-state index contributed by atoms with van der Waals surface area (Å²) >= 11 is 0. The highest BCUT2D eigenvalue weighted by Crippen LogP contribution is 1.98. The van der Waals surface area contributed by atoms with E-state index in [1.165, 1.54) is 0 Å². The Morgan fingerprint density at radius 1 is 1.27 bits per heavy atom. The van der Waals surface area contributed by atoms with Gasteiger partial charge in [0.05, 0.1) is 0 Å². The summed E-state index contributed by atoms with van der Waals surface area (Å²) in [5, 5.41) is 0. The van der Waals surface area contributed by atoms with Gasteiger partial charge in [-0.1, -0.05) is 30.3 Å². The highest BCUT2D eigenvalue weighted by Gasteiger charge is 1.87. The smallest absolute Gasteiger partial charge is 0.293 e. The van der Waals surface area contributed by atoms with Gasteiger partial charge in [0.25, 0.3) is 6.47 Å². The summed E-state index contributed by atoms with van der Waals surface area (Å²) in [7, 11) is 0. The number of hydrogen-bond donors (Lipinski definition) is 0. The number of halogens is 1. The highest BCUT2D eigenvalue weighted by molar-refractivity contribution is 5.85. The maximum absolute atomic E-state index is 9.76. The third-order valence-corrected chi connectivity index (χ3v) is 1.16. The zero-order valence-corrected chi connectivity index (χ0v) is 6.71. The Morgan fingerprint density at radius 3 is 2.45 bits per heavy atom. The number of benzene rings is 1. The monoisotopic (exact) mass is 172 g/mol. The lowest BCUT2D eigenvalue weighted by atomic mass is 10.2. The van der Waals surface area contributed by atoms with Crippen molar-refractivity contribution < 1.29 is 9.53 Å². The summed E-state index contributed by atoms with van der Waals surface area (Å²) in [6.45, 7) is 0.817. The van der Waals surface area contributed by atoms with Crippen molar-refractivity contribution in [3.63, 3.8) is 0 Å². The molecule has 0 heterocycles. The van der Waals surface area contributed by atoms with Crippen LogP contribution in [0.1, 0.15) is 5.56 Å². The number of carbonyl (C=O) groups excluding carboxylic acids is 1. The molecule has 0 spiro atoms. The van der Waals surface area contributed by atoms with Crippen molar-refractivity contribution in [1.29, 1.82) is 0 Å². The molecule has 60 valence electrons. The quantitative estimate of drug-likeness (QED) is 0.650. The highest BCUT2D eigenvalue weighted by atomic mass is 35.5. The summed E-state index contributed by atoms with van der Waals surface area (Å²) < 4.78 is 4.54. The maximum Gasteiger partial charge on any atom is 0.293 e. The summed E-state index contributed by atoms with van der Waals surface area (Å²) in [5.41, 5.74) is 1.01. The summed E-state index contributed by atoms with van der Waals surface area (Å²) in [6, 6.07) is 9.55. The van der Waals surface area contributed by atoms with Crippen molar-refractivity contribution in [2.45, 2.75) is 6.61 Å². The lowest BCUT2D eigenvalue weighted by Gasteiger charge is -1.95. The normalized spacial score (nSPS) is 8.00. The summed E-state index contributed by atoms with van der Waals surface area (Å²) in [6.07, 6.45) is 0. The minimum absolute atomic E-state index is 0. The van der Waals surface area contributed by atoms with Crippen LogP contribution in [0, 0.1) is 0 Å². The molecule has 3 heteroatoms. The largest absolute Gasteiger partial charge is 0.463 e. The summed E-state index contributed by atoms with van der Waals surface area (Å²) in [5.74, 6) is 0. The number of rotatable bonds is 3. The molecule has 1 aromatic rings. The zero-order chi connectivity index (χ0) is 7.23. The van der Waals surface area contributed by atoms with Gasteiger partial charge >= 0.3 is 0 Å². The van der Waals surface area contributed by atoms with Crippen LogP contribution in [-0.4, -0.2) is 6.47 Å². The SMILES string of the molecule is Cl.O=COCc1ccccc1. The Hall–Kier alpha value is -1.02. The van der Waals surface area contributed by atoms with Gasteiger partial charge in [-0.3, -0.25) is 4.79 Å². The molecule has 0 radical (unpaired) electrons.